The maximum atomic E-state index is 11.5. The van der Waals surface area contributed by atoms with Crippen LogP contribution in [0.4, 0.5) is 0 Å². The molecule has 0 aromatic heterocycles. The van der Waals surface area contributed by atoms with Crippen LogP contribution in [0.5, 0.6) is 0 Å². The molecule has 1 heterocycles. The highest BCUT2D eigenvalue weighted by Gasteiger charge is 2.15. The second-order valence-electron chi connectivity index (χ2n) is 4.49. The zero-order valence-electron chi connectivity index (χ0n) is 11.2. The average Bonchev–Trinajstić information content (AvgIpc) is 2.39. The van der Waals surface area contributed by atoms with Gasteiger partial charge in [0.05, 0.1) is 13.2 Å². The van der Waals surface area contributed by atoms with Gasteiger partial charge in [0.15, 0.2) is 0 Å². The van der Waals surface area contributed by atoms with Crippen molar-refractivity contribution >= 4 is 11.8 Å². The summed E-state index contributed by atoms with van der Waals surface area (Å²) < 4.78 is 5.23. The van der Waals surface area contributed by atoms with Crippen molar-refractivity contribution in [3.63, 3.8) is 0 Å². The van der Waals surface area contributed by atoms with Gasteiger partial charge in [0, 0.05) is 32.2 Å². The summed E-state index contributed by atoms with van der Waals surface area (Å²) in [5.74, 6) is -1.10. The molecule has 1 aliphatic rings. The van der Waals surface area contributed by atoms with Crippen LogP contribution in [0.2, 0.25) is 0 Å². The second kappa shape index (κ2) is 8.05. The lowest BCUT2D eigenvalue weighted by atomic mass is 10.2. The maximum absolute atomic E-state index is 11.5. The Morgan fingerprint density at radius 3 is 2.56 bits per heavy atom. The average molecular weight is 257 g/mol. The second-order valence-corrected chi connectivity index (χ2v) is 4.49. The van der Waals surface area contributed by atoms with Crippen LogP contribution in [0.25, 0.3) is 0 Å². The Bertz CT molecular complexity index is 278. The van der Waals surface area contributed by atoms with E-state index in [1.807, 2.05) is 13.8 Å². The van der Waals surface area contributed by atoms with Crippen LogP contribution >= 0.6 is 0 Å². The van der Waals surface area contributed by atoms with Gasteiger partial charge in [0.1, 0.15) is 0 Å². The first kappa shape index (κ1) is 14.9. The van der Waals surface area contributed by atoms with Gasteiger partial charge < -0.3 is 15.4 Å². The van der Waals surface area contributed by atoms with E-state index in [9.17, 15) is 9.59 Å². The molecule has 1 aliphatic heterocycles. The number of carbonyl (C=O) groups excluding carboxylic acids is 2. The maximum Gasteiger partial charge on any atom is 0.309 e. The fraction of sp³-hybridized carbons (Fsp3) is 0.833. The number of nitrogens with zero attached hydrogens (tertiary/aromatic N) is 1. The summed E-state index contributed by atoms with van der Waals surface area (Å²) in [7, 11) is 0. The zero-order chi connectivity index (χ0) is 13.4. The lowest BCUT2D eigenvalue weighted by molar-refractivity contribution is -0.139. The van der Waals surface area contributed by atoms with Crippen molar-refractivity contribution in [2.24, 2.45) is 0 Å². The molecule has 0 radical (unpaired) electrons. The number of morpholine rings is 1. The predicted molar refractivity (Wildman–Crippen MR) is 68.2 cm³/mol. The molecule has 6 heteroatoms. The summed E-state index contributed by atoms with van der Waals surface area (Å²) in [6.45, 7) is 8.33. The fourth-order valence-corrected chi connectivity index (χ4v) is 1.62. The molecule has 1 atom stereocenters. The highest BCUT2D eigenvalue weighted by molar-refractivity contribution is 6.35. The lowest BCUT2D eigenvalue weighted by Crippen LogP contribution is -2.46. The summed E-state index contributed by atoms with van der Waals surface area (Å²) in [5.41, 5.74) is 0. The van der Waals surface area contributed by atoms with Crippen molar-refractivity contribution in [1.82, 2.24) is 15.5 Å². The Morgan fingerprint density at radius 1 is 1.28 bits per heavy atom. The summed E-state index contributed by atoms with van der Waals surface area (Å²) in [6.07, 6.45) is 0.812. The largest absolute Gasteiger partial charge is 0.379 e. The highest BCUT2D eigenvalue weighted by atomic mass is 16.5. The Balaban J connectivity index is 2.13. The number of rotatable bonds is 5. The standard InChI is InChI=1S/C12H23N3O3/c1-3-10(2)14-12(17)11(16)13-4-5-15-6-8-18-9-7-15/h10H,3-9H2,1-2H3,(H,13,16)(H,14,17)/t10-/m0/s1. The Morgan fingerprint density at radius 2 is 1.94 bits per heavy atom. The minimum absolute atomic E-state index is 0.0301. The van der Waals surface area contributed by atoms with E-state index in [0.717, 1.165) is 39.3 Å². The Hall–Kier alpha value is -1.14. The fourth-order valence-electron chi connectivity index (χ4n) is 1.62. The topological polar surface area (TPSA) is 70.7 Å². The summed E-state index contributed by atoms with van der Waals surface area (Å²) in [6, 6.07) is 0.0301. The van der Waals surface area contributed by atoms with Crippen molar-refractivity contribution in [2.75, 3.05) is 39.4 Å². The third kappa shape index (κ3) is 5.46. The Kier molecular flexibility index (Phi) is 6.67. The summed E-state index contributed by atoms with van der Waals surface area (Å²) in [5, 5.41) is 5.26. The van der Waals surface area contributed by atoms with Gasteiger partial charge in [0.25, 0.3) is 0 Å². The molecule has 1 saturated heterocycles. The SMILES string of the molecule is CC[C@H](C)NC(=O)C(=O)NCCN1CCOCC1. The molecule has 2 amide bonds. The van der Waals surface area contributed by atoms with E-state index in [-0.39, 0.29) is 6.04 Å². The molecule has 0 unspecified atom stereocenters. The normalized spacial score (nSPS) is 18.1. The quantitative estimate of drug-likeness (QED) is 0.642. The number of hydrogen-bond acceptors (Lipinski definition) is 4. The van der Waals surface area contributed by atoms with Crippen LogP contribution in [0.3, 0.4) is 0 Å². The minimum Gasteiger partial charge on any atom is -0.379 e. The first-order valence-corrected chi connectivity index (χ1v) is 6.52. The smallest absolute Gasteiger partial charge is 0.309 e. The van der Waals surface area contributed by atoms with Crippen molar-refractivity contribution in [2.45, 2.75) is 26.3 Å². The predicted octanol–water partition coefficient (Wildman–Crippen LogP) is -0.650. The third-order valence-electron chi connectivity index (χ3n) is 3.01. The van der Waals surface area contributed by atoms with Gasteiger partial charge in [-0.25, -0.2) is 0 Å². The van der Waals surface area contributed by atoms with Gasteiger partial charge in [-0.3, -0.25) is 14.5 Å². The van der Waals surface area contributed by atoms with Crippen molar-refractivity contribution in [3.05, 3.63) is 0 Å². The molecule has 0 spiro atoms. The molecular weight excluding hydrogens is 234 g/mol. The third-order valence-corrected chi connectivity index (χ3v) is 3.01. The van der Waals surface area contributed by atoms with Crippen LogP contribution < -0.4 is 10.6 Å². The number of nitrogens with one attached hydrogen (secondary N) is 2. The molecule has 0 aromatic rings. The van der Waals surface area contributed by atoms with Crippen LogP contribution in [0.1, 0.15) is 20.3 Å². The monoisotopic (exact) mass is 257 g/mol. The van der Waals surface area contributed by atoms with Crippen LogP contribution in [-0.2, 0) is 14.3 Å². The van der Waals surface area contributed by atoms with E-state index in [2.05, 4.69) is 15.5 Å². The minimum atomic E-state index is -0.552. The van der Waals surface area contributed by atoms with Gasteiger partial charge >= 0.3 is 11.8 Å². The van der Waals surface area contributed by atoms with E-state index in [0.29, 0.717) is 6.54 Å². The number of amides is 2. The van der Waals surface area contributed by atoms with Gasteiger partial charge in [-0.2, -0.15) is 0 Å². The first-order valence-electron chi connectivity index (χ1n) is 6.52. The van der Waals surface area contributed by atoms with Crippen molar-refractivity contribution < 1.29 is 14.3 Å². The molecule has 104 valence electrons. The molecule has 18 heavy (non-hydrogen) atoms. The van der Waals surface area contributed by atoms with E-state index >= 15 is 0 Å². The van der Waals surface area contributed by atoms with Crippen LogP contribution in [0, 0.1) is 0 Å². The van der Waals surface area contributed by atoms with Crippen LogP contribution in [-0.4, -0.2) is 62.1 Å². The molecule has 0 saturated carbocycles. The first-order chi connectivity index (χ1) is 8.63. The molecule has 6 nitrogen and oxygen atoms in total. The summed E-state index contributed by atoms with van der Waals surface area (Å²) in [4.78, 5) is 25.1. The Labute approximate surface area is 108 Å². The van der Waals surface area contributed by atoms with E-state index < -0.39 is 11.8 Å². The summed E-state index contributed by atoms with van der Waals surface area (Å²) >= 11 is 0. The van der Waals surface area contributed by atoms with E-state index in [1.54, 1.807) is 0 Å². The van der Waals surface area contributed by atoms with Gasteiger partial charge in [-0.15, -0.1) is 0 Å². The number of hydrogen-bond donors (Lipinski definition) is 2. The van der Waals surface area contributed by atoms with Crippen molar-refractivity contribution in [1.29, 1.82) is 0 Å². The van der Waals surface area contributed by atoms with Gasteiger partial charge in [0.2, 0.25) is 0 Å². The highest BCUT2D eigenvalue weighted by Crippen LogP contribution is 1.94. The van der Waals surface area contributed by atoms with E-state index in [4.69, 9.17) is 4.74 Å². The molecular formula is C12H23N3O3. The van der Waals surface area contributed by atoms with Gasteiger partial charge in [-0.1, -0.05) is 6.92 Å². The molecule has 0 aliphatic carbocycles. The molecule has 1 fully saturated rings. The lowest BCUT2D eigenvalue weighted by Gasteiger charge is -2.26. The number of ether oxygens (including phenoxy) is 1. The number of carbonyl (C=O) groups is 2. The molecule has 0 aromatic carbocycles. The molecule has 2 N–H and O–H groups in total. The van der Waals surface area contributed by atoms with E-state index in [1.165, 1.54) is 0 Å². The van der Waals surface area contributed by atoms with Crippen LogP contribution in [0.15, 0.2) is 0 Å². The molecule has 0 bridgehead atoms. The molecule has 1 rings (SSSR count). The van der Waals surface area contributed by atoms with Gasteiger partial charge in [-0.05, 0) is 13.3 Å². The zero-order valence-corrected chi connectivity index (χ0v) is 11.2. The van der Waals surface area contributed by atoms with Crippen molar-refractivity contribution in [3.8, 4) is 0 Å².